The zero-order valence-electron chi connectivity index (χ0n) is 12.3. The minimum Gasteiger partial charge on any atom is -0.297 e. The summed E-state index contributed by atoms with van der Waals surface area (Å²) in [5, 5.41) is 4.91. The highest BCUT2D eigenvalue weighted by Gasteiger charge is 2.40. The standard InChI is InChI=1S/C15H17ClF2N4/c1-21-5-4-15(17,18)8-12(21)11-7-14-19-10(9-2-3-9)6-13(16)22(14)20-11/h6-7,9,12H,2-5,8H2,1H3. The molecule has 22 heavy (non-hydrogen) atoms. The third kappa shape index (κ3) is 2.48. The monoisotopic (exact) mass is 326 g/mol. The summed E-state index contributed by atoms with van der Waals surface area (Å²) < 4.78 is 29.0. The fraction of sp³-hybridized carbons (Fsp3) is 0.600. The molecule has 4 rings (SSSR count). The molecular weight excluding hydrogens is 310 g/mol. The number of likely N-dealkylation sites (tertiary alicyclic amines) is 1. The number of hydrogen-bond acceptors (Lipinski definition) is 3. The van der Waals surface area contributed by atoms with E-state index < -0.39 is 12.0 Å². The van der Waals surface area contributed by atoms with Gasteiger partial charge in [-0.05, 0) is 26.0 Å². The Morgan fingerprint density at radius 3 is 2.77 bits per heavy atom. The second-order valence-corrected chi connectivity index (χ2v) is 6.81. The van der Waals surface area contributed by atoms with Crippen LogP contribution in [0.5, 0.6) is 0 Å². The molecule has 0 amide bonds. The van der Waals surface area contributed by atoms with Crippen LogP contribution in [0.3, 0.4) is 0 Å². The Morgan fingerprint density at radius 2 is 2.05 bits per heavy atom. The van der Waals surface area contributed by atoms with Crippen LogP contribution in [0.4, 0.5) is 8.78 Å². The number of halogens is 3. The normalized spacial score (nSPS) is 25.7. The molecule has 0 radical (unpaired) electrons. The minimum atomic E-state index is -2.64. The van der Waals surface area contributed by atoms with Crippen molar-refractivity contribution in [1.29, 1.82) is 0 Å². The fourth-order valence-electron chi connectivity index (χ4n) is 3.09. The summed E-state index contributed by atoms with van der Waals surface area (Å²) in [6.45, 7) is 0.361. The highest BCUT2D eigenvalue weighted by atomic mass is 35.5. The third-order valence-electron chi connectivity index (χ3n) is 4.61. The molecule has 2 aliphatic rings. The number of rotatable bonds is 2. The Hall–Kier alpha value is -1.27. The van der Waals surface area contributed by atoms with Crippen LogP contribution >= 0.6 is 11.6 Å². The molecule has 1 saturated carbocycles. The van der Waals surface area contributed by atoms with Gasteiger partial charge < -0.3 is 0 Å². The van der Waals surface area contributed by atoms with Crippen molar-refractivity contribution in [3.05, 3.63) is 28.7 Å². The van der Waals surface area contributed by atoms with Gasteiger partial charge in [0.25, 0.3) is 5.92 Å². The molecule has 1 saturated heterocycles. The lowest BCUT2D eigenvalue weighted by Gasteiger charge is -2.35. The maximum atomic E-state index is 13.7. The van der Waals surface area contributed by atoms with E-state index in [9.17, 15) is 8.78 Å². The fourth-order valence-corrected chi connectivity index (χ4v) is 3.33. The van der Waals surface area contributed by atoms with Crippen LogP contribution in [0.25, 0.3) is 5.65 Å². The van der Waals surface area contributed by atoms with E-state index in [1.165, 1.54) is 0 Å². The molecule has 1 unspecified atom stereocenters. The van der Waals surface area contributed by atoms with Crippen molar-refractivity contribution in [2.45, 2.75) is 43.6 Å². The van der Waals surface area contributed by atoms with E-state index in [1.807, 2.05) is 18.0 Å². The number of fused-ring (bicyclic) bond motifs is 1. The van der Waals surface area contributed by atoms with Gasteiger partial charge in [-0.15, -0.1) is 0 Å². The molecule has 0 N–H and O–H groups in total. The molecular formula is C15H17ClF2N4. The van der Waals surface area contributed by atoms with E-state index in [0.29, 0.717) is 29.0 Å². The van der Waals surface area contributed by atoms with Gasteiger partial charge in [-0.2, -0.15) is 5.10 Å². The summed E-state index contributed by atoms with van der Waals surface area (Å²) in [5.41, 5.74) is 2.24. The molecule has 0 aromatic carbocycles. The lowest BCUT2D eigenvalue weighted by molar-refractivity contribution is -0.0740. The number of piperidine rings is 1. The van der Waals surface area contributed by atoms with E-state index in [-0.39, 0.29) is 12.8 Å². The predicted molar refractivity (Wildman–Crippen MR) is 79.5 cm³/mol. The van der Waals surface area contributed by atoms with E-state index in [4.69, 9.17) is 11.6 Å². The average molecular weight is 327 g/mol. The molecule has 7 heteroatoms. The zero-order chi connectivity index (χ0) is 15.5. The van der Waals surface area contributed by atoms with Crippen LogP contribution in [0.1, 0.15) is 49.0 Å². The van der Waals surface area contributed by atoms with Gasteiger partial charge in [0.1, 0.15) is 5.15 Å². The Bertz CT molecular complexity index is 726. The summed E-state index contributed by atoms with van der Waals surface area (Å²) in [4.78, 5) is 6.51. The number of aromatic nitrogens is 3. The molecule has 4 nitrogen and oxygen atoms in total. The van der Waals surface area contributed by atoms with Crippen molar-refractivity contribution in [2.24, 2.45) is 0 Å². The second kappa shape index (κ2) is 4.86. The van der Waals surface area contributed by atoms with E-state index >= 15 is 0 Å². The maximum absolute atomic E-state index is 13.7. The molecule has 1 aliphatic heterocycles. The largest absolute Gasteiger partial charge is 0.297 e. The molecule has 2 fully saturated rings. The van der Waals surface area contributed by atoms with Crippen LogP contribution in [0.2, 0.25) is 5.15 Å². The van der Waals surface area contributed by atoms with Crippen molar-refractivity contribution in [3.8, 4) is 0 Å². The molecule has 118 valence electrons. The quantitative estimate of drug-likeness (QED) is 0.790. The maximum Gasteiger partial charge on any atom is 0.251 e. The SMILES string of the molecule is CN1CCC(F)(F)CC1c1cc2nc(C3CC3)cc(Cl)n2n1. The summed E-state index contributed by atoms with van der Waals surface area (Å²) in [5.74, 6) is -2.15. The van der Waals surface area contributed by atoms with Gasteiger partial charge in [0.2, 0.25) is 0 Å². The van der Waals surface area contributed by atoms with Gasteiger partial charge in [-0.3, -0.25) is 4.90 Å². The smallest absolute Gasteiger partial charge is 0.251 e. The predicted octanol–water partition coefficient (Wildman–Crippen LogP) is 3.66. The van der Waals surface area contributed by atoms with Crippen LogP contribution in [-0.2, 0) is 0 Å². The Morgan fingerprint density at radius 1 is 1.27 bits per heavy atom. The van der Waals surface area contributed by atoms with Gasteiger partial charge in [0, 0.05) is 37.1 Å². The second-order valence-electron chi connectivity index (χ2n) is 6.42. The van der Waals surface area contributed by atoms with Crippen molar-refractivity contribution in [3.63, 3.8) is 0 Å². The first-order chi connectivity index (χ1) is 10.4. The van der Waals surface area contributed by atoms with Gasteiger partial charge in [-0.25, -0.2) is 18.3 Å². The van der Waals surface area contributed by atoms with Crippen LogP contribution in [0.15, 0.2) is 12.1 Å². The van der Waals surface area contributed by atoms with Crippen molar-refractivity contribution >= 4 is 17.2 Å². The first kappa shape index (κ1) is 14.3. The van der Waals surface area contributed by atoms with Gasteiger partial charge in [0.15, 0.2) is 5.65 Å². The molecule has 1 aliphatic carbocycles. The van der Waals surface area contributed by atoms with Crippen LogP contribution in [0, 0.1) is 0 Å². The Kier molecular flexibility index (Phi) is 3.17. The highest BCUT2D eigenvalue weighted by molar-refractivity contribution is 6.29. The summed E-state index contributed by atoms with van der Waals surface area (Å²) in [6, 6.07) is 3.23. The Labute approximate surface area is 132 Å². The van der Waals surface area contributed by atoms with Crippen molar-refractivity contribution < 1.29 is 8.78 Å². The summed E-state index contributed by atoms with van der Waals surface area (Å²) >= 11 is 6.28. The average Bonchev–Trinajstić information content (AvgIpc) is 3.21. The number of alkyl halides is 2. The first-order valence-corrected chi connectivity index (χ1v) is 7.95. The first-order valence-electron chi connectivity index (χ1n) is 7.57. The van der Waals surface area contributed by atoms with Crippen LogP contribution < -0.4 is 0 Å². The van der Waals surface area contributed by atoms with Crippen LogP contribution in [-0.4, -0.2) is 39.0 Å². The topological polar surface area (TPSA) is 33.4 Å². The van der Waals surface area contributed by atoms with Gasteiger partial charge in [-0.1, -0.05) is 11.6 Å². The lowest BCUT2D eigenvalue weighted by atomic mass is 9.97. The molecule has 2 aromatic heterocycles. The summed E-state index contributed by atoms with van der Waals surface area (Å²) in [7, 11) is 1.86. The number of hydrogen-bond donors (Lipinski definition) is 0. The third-order valence-corrected chi connectivity index (χ3v) is 4.88. The minimum absolute atomic E-state index is 0.0990. The Balaban J connectivity index is 1.74. The molecule has 1 atom stereocenters. The molecule has 3 heterocycles. The van der Waals surface area contributed by atoms with Crippen molar-refractivity contribution in [2.75, 3.05) is 13.6 Å². The van der Waals surface area contributed by atoms with E-state index in [0.717, 1.165) is 18.5 Å². The van der Waals surface area contributed by atoms with Gasteiger partial charge in [0.05, 0.1) is 11.7 Å². The van der Waals surface area contributed by atoms with Crippen molar-refractivity contribution in [1.82, 2.24) is 19.5 Å². The number of nitrogens with zero attached hydrogens (tertiary/aromatic N) is 4. The lowest BCUT2D eigenvalue weighted by Crippen LogP contribution is -2.39. The van der Waals surface area contributed by atoms with Gasteiger partial charge >= 0.3 is 0 Å². The van der Waals surface area contributed by atoms with E-state index in [1.54, 1.807) is 10.6 Å². The zero-order valence-corrected chi connectivity index (χ0v) is 13.0. The molecule has 0 bridgehead atoms. The highest BCUT2D eigenvalue weighted by Crippen LogP contribution is 2.41. The molecule has 0 spiro atoms. The summed E-state index contributed by atoms with van der Waals surface area (Å²) in [6.07, 6.45) is 1.97. The molecule has 2 aromatic rings. The van der Waals surface area contributed by atoms with E-state index in [2.05, 4.69) is 10.1 Å².